The number of nitrogens with zero attached hydrogens (tertiary/aromatic N) is 1. The van der Waals surface area contributed by atoms with Crippen molar-refractivity contribution in [1.82, 2.24) is 10.2 Å². The minimum Gasteiger partial charge on any atom is -0.484 e. The van der Waals surface area contributed by atoms with Gasteiger partial charge in [-0.05, 0) is 56.4 Å². The molecule has 0 aromatic heterocycles. The van der Waals surface area contributed by atoms with Crippen LogP contribution in [-0.4, -0.2) is 48.3 Å². The molecule has 0 saturated carbocycles. The van der Waals surface area contributed by atoms with Gasteiger partial charge in [0, 0.05) is 31.4 Å². The molecule has 1 heterocycles. The van der Waals surface area contributed by atoms with Crippen LogP contribution in [0.5, 0.6) is 5.75 Å². The zero-order chi connectivity index (χ0) is 18.2. The highest BCUT2D eigenvalue weighted by Crippen LogP contribution is 2.17. The maximum Gasteiger partial charge on any atom is 0.260 e. The van der Waals surface area contributed by atoms with Crippen LogP contribution in [-0.2, 0) is 9.59 Å². The number of aryl methyl sites for hydroxylation is 2. The van der Waals surface area contributed by atoms with E-state index in [-0.39, 0.29) is 24.5 Å². The van der Waals surface area contributed by atoms with Gasteiger partial charge >= 0.3 is 0 Å². The number of ether oxygens (including phenoxy) is 1. The predicted molar refractivity (Wildman–Crippen MR) is 99.1 cm³/mol. The van der Waals surface area contributed by atoms with Gasteiger partial charge < -0.3 is 15.0 Å². The highest BCUT2D eigenvalue weighted by Gasteiger charge is 2.23. The number of benzene rings is 1. The SMILES string of the molecule is Cc1ccc(OCC(=O)N2CCC(NC(=O)CCCCl)CC2)cc1C. The van der Waals surface area contributed by atoms with Crippen molar-refractivity contribution in [3.05, 3.63) is 29.3 Å². The summed E-state index contributed by atoms with van der Waals surface area (Å²) < 4.78 is 5.62. The Morgan fingerprint density at radius 3 is 2.60 bits per heavy atom. The third-order valence-corrected chi connectivity index (χ3v) is 4.86. The van der Waals surface area contributed by atoms with Gasteiger partial charge in [-0.15, -0.1) is 11.6 Å². The van der Waals surface area contributed by atoms with Crippen molar-refractivity contribution in [2.45, 2.75) is 45.6 Å². The summed E-state index contributed by atoms with van der Waals surface area (Å²) in [5.74, 6) is 1.26. The third kappa shape index (κ3) is 6.24. The van der Waals surface area contributed by atoms with E-state index in [0.29, 0.717) is 31.8 Å². The van der Waals surface area contributed by atoms with Crippen LogP contribution >= 0.6 is 11.6 Å². The molecule has 0 radical (unpaired) electrons. The summed E-state index contributed by atoms with van der Waals surface area (Å²) in [6, 6.07) is 5.98. The molecule has 2 amide bonds. The summed E-state index contributed by atoms with van der Waals surface area (Å²) in [5, 5.41) is 3.02. The van der Waals surface area contributed by atoms with E-state index in [1.54, 1.807) is 0 Å². The van der Waals surface area contributed by atoms with E-state index in [2.05, 4.69) is 5.32 Å². The summed E-state index contributed by atoms with van der Waals surface area (Å²) >= 11 is 5.60. The van der Waals surface area contributed by atoms with Gasteiger partial charge in [0.1, 0.15) is 5.75 Å². The van der Waals surface area contributed by atoms with Crippen LogP contribution in [0.15, 0.2) is 18.2 Å². The Balaban J connectivity index is 1.71. The van der Waals surface area contributed by atoms with Crippen LogP contribution in [0.3, 0.4) is 0 Å². The average molecular weight is 367 g/mol. The first-order valence-corrected chi connectivity index (χ1v) is 9.36. The maximum atomic E-state index is 12.3. The van der Waals surface area contributed by atoms with Gasteiger partial charge in [-0.1, -0.05) is 6.07 Å². The molecule has 25 heavy (non-hydrogen) atoms. The van der Waals surface area contributed by atoms with Crippen LogP contribution in [0.1, 0.15) is 36.8 Å². The molecule has 1 fully saturated rings. The summed E-state index contributed by atoms with van der Waals surface area (Å²) in [5.41, 5.74) is 2.35. The van der Waals surface area contributed by atoms with E-state index in [9.17, 15) is 9.59 Å². The summed E-state index contributed by atoms with van der Waals surface area (Å²) in [7, 11) is 0. The maximum absolute atomic E-state index is 12.3. The van der Waals surface area contributed by atoms with Crippen LogP contribution in [0.4, 0.5) is 0 Å². The number of amides is 2. The van der Waals surface area contributed by atoms with Gasteiger partial charge in [0.05, 0.1) is 0 Å². The molecule has 0 unspecified atom stereocenters. The molecule has 0 bridgehead atoms. The first kappa shape index (κ1) is 19.6. The Morgan fingerprint density at radius 1 is 1.24 bits per heavy atom. The van der Waals surface area contributed by atoms with E-state index in [0.717, 1.165) is 24.2 Å². The number of hydrogen-bond acceptors (Lipinski definition) is 3. The van der Waals surface area contributed by atoms with Gasteiger partial charge in [-0.3, -0.25) is 9.59 Å². The number of likely N-dealkylation sites (tertiary alicyclic amines) is 1. The van der Waals surface area contributed by atoms with Crippen molar-refractivity contribution in [2.24, 2.45) is 0 Å². The minimum atomic E-state index is -0.00913. The van der Waals surface area contributed by atoms with Crippen molar-refractivity contribution in [2.75, 3.05) is 25.6 Å². The normalized spacial score (nSPS) is 15.1. The van der Waals surface area contributed by atoms with Crippen LogP contribution in [0.25, 0.3) is 0 Å². The quantitative estimate of drug-likeness (QED) is 0.755. The molecule has 0 aliphatic carbocycles. The first-order chi connectivity index (χ1) is 12.0. The lowest BCUT2D eigenvalue weighted by molar-refractivity contribution is -0.134. The number of piperidine rings is 1. The largest absolute Gasteiger partial charge is 0.484 e. The van der Waals surface area contributed by atoms with E-state index >= 15 is 0 Å². The Hall–Kier alpha value is -1.75. The molecule has 1 aliphatic rings. The zero-order valence-corrected chi connectivity index (χ0v) is 15.8. The van der Waals surface area contributed by atoms with Gasteiger partial charge in [-0.25, -0.2) is 0 Å². The lowest BCUT2D eigenvalue weighted by Crippen LogP contribution is -2.47. The predicted octanol–water partition coefficient (Wildman–Crippen LogP) is 2.81. The molecular formula is C19H27ClN2O3. The van der Waals surface area contributed by atoms with E-state index in [1.807, 2.05) is 36.9 Å². The van der Waals surface area contributed by atoms with Crippen molar-refractivity contribution < 1.29 is 14.3 Å². The average Bonchev–Trinajstić information content (AvgIpc) is 2.61. The molecule has 0 atom stereocenters. The molecule has 2 rings (SSSR count). The van der Waals surface area contributed by atoms with E-state index in [1.165, 1.54) is 5.56 Å². The monoisotopic (exact) mass is 366 g/mol. The van der Waals surface area contributed by atoms with Gasteiger partial charge in [0.25, 0.3) is 5.91 Å². The molecule has 1 aliphatic heterocycles. The summed E-state index contributed by atoms with van der Waals surface area (Å²) in [6.45, 7) is 5.42. The fourth-order valence-electron chi connectivity index (χ4n) is 2.84. The second-order valence-electron chi connectivity index (χ2n) is 6.55. The Bertz CT molecular complexity index is 598. The minimum absolute atomic E-state index is 0.00913. The Morgan fingerprint density at radius 2 is 1.96 bits per heavy atom. The number of halogens is 1. The fourth-order valence-corrected chi connectivity index (χ4v) is 2.97. The standard InChI is InChI=1S/C19H27ClN2O3/c1-14-5-6-17(12-15(14)2)25-13-19(24)22-10-7-16(8-11-22)21-18(23)4-3-9-20/h5-6,12,16H,3-4,7-11,13H2,1-2H3,(H,21,23). The molecule has 5 nitrogen and oxygen atoms in total. The van der Waals surface area contributed by atoms with Crippen molar-refractivity contribution in [3.8, 4) is 5.75 Å². The molecule has 1 saturated heterocycles. The van der Waals surface area contributed by atoms with Crippen LogP contribution < -0.4 is 10.1 Å². The molecule has 6 heteroatoms. The van der Waals surface area contributed by atoms with Crippen molar-refractivity contribution >= 4 is 23.4 Å². The lowest BCUT2D eigenvalue weighted by atomic mass is 10.0. The Kier molecular flexibility index (Phi) is 7.56. The lowest BCUT2D eigenvalue weighted by Gasteiger charge is -2.32. The summed E-state index contributed by atoms with van der Waals surface area (Å²) in [4.78, 5) is 25.8. The molecule has 1 aromatic carbocycles. The zero-order valence-electron chi connectivity index (χ0n) is 15.0. The van der Waals surface area contributed by atoms with Gasteiger partial charge in [-0.2, -0.15) is 0 Å². The summed E-state index contributed by atoms with van der Waals surface area (Å²) in [6.07, 6.45) is 2.72. The smallest absolute Gasteiger partial charge is 0.260 e. The molecule has 1 aromatic rings. The fraction of sp³-hybridized carbons (Fsp3) is 0.579. The highest BCUT2D eigenvalue weighted by molar-refractivity contribution is 6.17. The third-order valence-electron chi connectivity index (χ3n) is 4.59. The van der Waals surface area contributed by atoms with Gasteiger partial charge in [0.2, 0.25) is 5.91 Å². The van der Waals surface area contributed by atoms with Crippen LogP contribution in [0.2, 0.25) is 0 Å². The second kappa shape index (κ2) is 9.66. The Labute approximate surface area is 154 Å². The molecule has 138 valence electrons. The van der Waals surface area contributed by atoms with Gasteiger partial charge in [0.15, 0.2) is 6.61 Å². The highest BCUT2D eigenvalue weighted by atomic mass is 35.5. The van der Waals surface area contributed by atoms with E-state index in [4.69, 9.17) is 16.3 Å². The molecule has 1 N–H and O–H groups in total. The number of alkyl halides is 1. The van der Waals surface area contributed by atoms with E-state index < -0.39 is 0 Å². The number of carbonyl (C=O) groups is 2. The first-order valence-electron chi connectivity index (χ1n) is 8.82. The van der Waals surface area contributed by atoms with Crippen molar-refractivity contribution in [3.63, 3.8) is 0 Å². The topological polar surface area (TPSA) is 58.6 Å². The van der Waals surface area contributed by atoms with Crippen molar-refractivity contribution in [1.29, 1.82) is 0 Å². The number of nitrogens with one attached hydrogen (secondary N) is 1. The number of hydrogen-bond donors (Lipinski definition) is 1. The number of rotatable bonds is 7. The molecule has 0 spiro atoms. The van der Waals surface area contributed by atoms with Crippen LogP contribution in [0, 0.1) is 13.8 Å². The molecular weight excluding hydrogens is 340 g/mol. The number of carbonyl (C=O) groups excluding carboxylic acids is 2. The second-order valence-corrected chi connectivity index (χ2v) is 6.93.